The van der Waals surface area contributed by atoms with Crippen molar-refractivity contribution < 1.29 is 9.13 Å². The summed E-state index contributed by atoms with van der Waals surface area (Å²) in [5, 5.41) is 3.63. The Balaban J connectivity index is 1.78. The molecule has 3 unspecified atom stereocenters. The van der Waals surface area contributed by atoms with Gasteiger partial charge < -0.3 is 10.1 Å². The van der Waals surface area contributed by atoms with E-state index in [2.05, 4.69) is 12.2 Å². The van der Waals surface area contributed by atoms with Crippen LogP contribution in [-0.2, 0) is 11.2 Å². The van der Waals surface area contributed by atoms with E-state index in [9.17, 15) is 4.39 Å². The van der Waals surface area contributed by atoms with Crippen molar-refractivity contribution in [1.29, 1.82) is 0 Å². The summed E-state index contributed by atoms with van der Waals surface area (Å²) < 4.78 is 18.2. The fourth-order valence-electron chi connectivity index (χ4n) is 2.74. The molecule has 3 heteroatoms. The molecule has 18 heavy (non-hydrogen) atoms. The van der Waals surface area contributed by atoms with Crippen molar-refractivity contribution in [2.75, 3.05) is 7.11 Å². The Bertz CT molecular complexity index is 365. The van der Waals surface area contributed by atoms with Gasteiger partial charge >= 0.3 is 0 Å². The topological polar surface area (TPSA) is 21.3 Å². The van der Waals surface area contributed by atoms with Gasteiger partial charge in [0.15, 0.2) is 0 Å². The number of halogens is 1. The van der Waals surface area contributed by atoms with Gasteiger partial charge in [-0.25, -0.2) is 4.39 Å². The lowest BCUT2D eigenvalue weighted by atomic mass is 10.1. The number of hydrogen-bond acceptors (Lipinski definition) is 2. The van der Waals surface area contributed by atoms with Crippen LogP contribution in [0, 0.1) is 5.82 Å². The van der Waals surface area contributed by atoms with E-state index in [0.717, 1.165) is 19.3 Å². The van der Waals surface area contributed by atoms with Crippen LogP contribution in [0.15, 0.2) is 24.3 Å². The van der Waals surface area contributed by atoms with Gasteiger partial charge in [0.05, 0.1) is 6.10 Å². The minimum Gasteiger partial charge on any atom is -0.381 e. The third-order valence-corrected chi connectivity index (χ3v) is 3.69. The van der Waals surface area contributed by atoms with Gasteiger partial charge in [-0.1, -0.05) is 12.1 Å². The van der Waals surface area contributed by atoms with Crippen LogP contribution in [0.1, 0.15) is 31.7 Å². The zero-order valence-corrected chi connectivity index (χ0v) is 11.2. The maximum Gasteiger partial charge on any atom is 0.123 e. The number of ether oxygens (including phenoxy) is 1. The van der Waals surface area contributed by atoms with Gasteiger partial charge in [-0.05, 0) is 50.3 Å². The molecule has 0 amide bonds. The van der Waals surface area contributed by atoms with Crippen molar-refractivity contribution in [3.05, 3.63) is 35.6 Å². The summed E-state index contributed by atoms with van der Waals surface area (Å²) in [6, 6.07) is 7.75. The van der Waals surface area contributed by atoms with E-state index in [0.29, 0.717) is 18.2 Å². The van der Waals surface area contributed by atoms with Crippen LogP contribution in [0.4, 0.5) is 4.39 Å². The van der Waals surface area contributed by atoms with Crippen LogP contribution in [0.2, 0.25) is 0 Å². The van der Waals surface area contributed by atoms with Crippen molar-refractivity contribution in [2.24, 2.45) is 0 Å². The van der Waals surface area contributed by atoms with Gasteiger partial charge in [-0.15, -0.1) is 0 Å². The highest BCUT2D eigenvalue weighted by Gasteiger charge is 2.25. The molecule has 1 saturated carbocycles. The standard InChI is InChI=1S/C15H22FNO/c1-11(9-12-3-5-13(16)6-4-12)17-14-7-8-15(10-14)18-2/h3-6,11,14-15,17H,7-10H2,1-2H3. The number of rotatable bonds is 5. The number of methoxy groups -OCH3 is 1. The smallest absolute Gasteiger partial charge is 0.123 e. The van der Waals surface area contributed by atoms with Crippen LogP contribution < -0.4 is 5.32 Å². The zero-order chi connectivity index (χ0) is 13.0. The fraction of sp³-hybridized carbons (Fsp3) is 0.600. The average Bonchev–Trinajstić information content (AvgIpc) is 2.79. The maximum absolute atomic E-state index is 12.8. The minimum atomic E-state index is -0.168. The highest BCUT2D eigenvalue weighted by molar-refractivity contribution is 5.17. The third kappa shape index (κ3) is 3.79. The summed E-state index contributed by atoms with van der Waals surface area (Å²) in [6.45, 7) is 2.18. The summed E-state index contributed by atoms with van der Waals surface area (Å²) in [7, 11) is 1.79. The lowest BCUT2D eigenvalue weighted by molar-refractivity contribution is 0.106. The van der Waals surface area contributed by atoms with E-state index in [-0.39, 0.29) is 5.82 Å². The molecule has 0 saturated heterocycles. The molecule has 0 spiro atoms. The normalized spacial score (nSPS) is 25.3. The highest BCUT2D eigenvalue weighted by atomic mass is 19.1. The molecule has 0 radical (unpaired) electrons. The van der Waals surface area contributed by atoms with Crippen molar-refractivity contribution >= 4 is 0 Å². The first-order valence-corrected chi connectivity index (χ1v) is 6.70. The lowest BCUT2D eigenvalue weighted by Crippen LogP contribution is -2.36. The zero-order valence-electron chi connectivity index (χ0n) is 11.2. The van der Waals surface area contributed by atoms with Gasteiger partial charge in [0.25, 0.3) is 0 Å². The number of nitrogens with one attached hydrogen (secondary N) is 1. The Kier molecular flexibility index (Phi) is 4.72. The molecule has 100 valence electrons. The molecule has 1 aromatic rings. The first kappa shape index (κ1) is 13.5. The summed E-state index contributed by atoms with van der Waals surface area (Å²) in [4.78, 5) is 0. The predicted octanol–water partition coefficient (Wildman–Crippen LogP) is 2.91. The van der Waals surface area contributed by atoms with E-state index in [1.165, 1.54) is 24.1 Å². The molecule has 1 aliphatic rings. The van der Waals surface area contributed by atoms with E-state index < -0.39 is 0 Å². The first-order chi connectivity index (χ1) is 8.67. The Morgan fingerprint density at radius 2 is 2.06 bits per heavy atom. The minimum absolute atomic E-state index is 0.168. The molecule has 0 aliphatic heterocycles. The summed E-state index contributed by atoms with van der Waals surface area (Å²) >= 11 is 0. The molecular weight excluding hydrogens is 229 g/mol. The van der Waals surface area contributed by atoms with E-state index >= 15 is 0 Å². The summed E-state index contributed by atoms with van der Waals surface area (Å²) in [6.07, 6.45) is 4.79. The predicted molar refractivity (Wildman–Crippen MR) is 71.1 cm³/mol. The van der Waals surface area contributed by atoms with Crippen molar-refractivity contribution in [2.45, 2.75) is 50.8 Å². The van der Waals surface area contributed by atoms with Crippen LogP contribution in [0.5, 0.6) is 0 Å². The third-order valence-electron chi connectivity index (χ3n) is 3.69. The Labute approximate surface area is 109 Å². The van der Waals surface area contributed by atoms with E-state index in [1.54, 1.807) is 7.11 Å². The monoisotopic (exact) mass is 251 g/mol. The van der Waals surface area contributed by atoms with Crippen molar-refractivity contribution in [3.63, 3.8) is 0 Å². The molecule has 1 aliphatic carbocycles. The molecule has 2 nitrogen and oxygen atoms in total. The number of benzene rings is 1. The van der Waals surface area contributed by atoms with Crippen LogP contribution in [0.25, 0.3) is 0 Å². The second-order valence-electron chi connectivity index (χ2n) is 5.27. The maximum atomic E-state index is 12.8. The largest absolute Gasteiger partial charge is 0.381 e. The van der Waals surface area contributed by atoms with Crippen molar-refractivity contribution in [3.8, 4) is 0 Å². The average molecular weight is 251 g/mol. The second kappa shape index (κ2) is 6.30. The van der Waals surface area contributed by atoms with Crippen LogP contribution in [-0.4, -0.2) is 25.3 Å². The molecule has 0 bridgehead atoms. The SMILES string of the molecule is COC1CCC(NC(C)Cc2ccc(F)cc2)C1. The lowest BCUT2D eigenvalue weighted by Gasteiger charge is -2.19. The molecule has 3 atom stereocenters. The molecule has 2 rings (SSSR count). The molecular formula is C15H22FNO. The molecule has 1 fully saturated rings. The van der Waals surface area contributed by atoms with Crippen LogP contribution >= 0.6 is 0 Å². The molecule has 0 heterocycles. The summed E-state index contributed by atoms with van der Waals surface area (Å²) in [5.74, 6) is -0.168. The first-order valence-electron chi connectivity index (χ1n) is 6.70. The van der Waals surface area contributed by atoms with Gasteiger partial charge in [0.1, 0.15) is 5.82 Å². The van der Waals surface area contributed by atoms with Gasteiger partial charge in [-0.3, -0.25) is 0 Å². The Hall–Kier alpha value is -0.930. The van der Waals surface area contributed by atoms with Crippen molar-refractivity contribution in [1.82, 2.24) is 5.32 Å². The van der Waals surface area contributed by atoms with Gasteiger partial charge in [0.2, 0.25) is 0 Å². The Morgan fingerprint density at radius 1 is 1.33 bits per heavy atom. The van der Waals surface area contributed by atoms with Crippen LogP contribution in [0.3, 0.4) is 0 Å². The molecule has 1 N–H and O–H groups in total. The number of hydrogen-bond donors (Lipinski definition) is 1. The molecule has 1 aromatic carbocycles. The quantitative estimate of drug-likeness (QED) is 0.868. The van der Waals surface area contributed by atoms with E-state index in [1.807, 2.05) is 12.1 Å². The molecule has 0 aromatic heterocycles. The van der Waals surface area contributed by atoms with Gasteiger partial charge in [0, 0.05) is 19.2 Å². The van der Waals surface area contributed by atoms with E-state index in [4.69, 9.17) is 4.74 Å². The van der Waals surface area contributed by atoms with Gasteiger partial charge in [-0.2, -0.15) is 0 Å². The summed E-state index contributed by atoms with van der Waals surface area (Å²) in [5.41, 5.74) is 1.18. The highest BCUT2D eigenvalue weighted by Crippen LogP contribution is 2.22. The second-order valence-corrected chi connectivity index (χ2v) is 5.27. The Morgan fingerprint density at radius 3 is 2.67 bits per heavy atom. The fourth-order valence-corrected chi connectivity index (χ4v) is 2.74.